The Balaban J connectivity index is 1.65. The van der Waals surface area contributed by atoms with Crippen LogP contribution in [-0.4, -0.2) is 25.7 Å². The van der Waals surface area contributed by atoms with E-state index in [1.54, 1.807) is 0 Å². The lowest BCUT2D eigenvalue weighted by molar-refractivity contribution is -0.885. The maximum Gasteiger partial charge on any atom is 0.214 e. The molecule has 4 nitrogen and oxygen atoms in total. The van der Waals surface area contributed by atoms with Gasteiger partial charge in [-0.15, -0.1) is 0 Å². The predicted molar refractivity (Wildman–Crippen MR) is 165 cm³/mol. The van der Waals surface area contributed by atoms with Crippen LogP contribution in [0.1, 0.15) is 33.9 Å². The highest BCUT2D eigenvalue weighted by atomic mass is 16.1. The number of ketones is 1. The van der Waals surface area contributed by atoms with E-state index in [4.69, 9.17) is 6.57 Å². The van der Waals surface area contributed by atoms with Crippen LogP contribution in [0.3, 0.4) is 0 Å². The summed E-state index contributed by atoms with van der Waals surface area (Å²) < 4.78 is 0. The third-order valence-corrected chi connectivity index (χ3v) is 8.34. The predicted octanol–water partition coefficient (Wildman–Crippen LogP) is 6.42. The van der Waals surface area contributed by atoms with Crippen LogP contribution in [0.25, 0.3) is 42.9 Å². The fraction of sp³-hybridized carbons (Fsp3) is 0.0811. The monoisotopic (exact) mass is 527 g/mol. The molecule has 0 aliphatic heterocycles. The number of hydrogen-bond donors (Lipinski definition) is 1. The Morgan fingerprint density at radius 2 is 1.27 bits per heavy atom. The number of nitrogens with one attached hydrogen (secondary N) is 1. The highest BCUT2D eigenvalue weighted by molar-refractivity contribution is 6.46. The molecule has 5 aromatic rings. The van der Waals surface area contributed by atoms with E-state index in [0.717, 1.165) is 54.9 Å². The zero-order valence-corrected chi connectivity index (χ0v) is 22.7. The molecule has 4 heteroatoms. The van der Waals surface area contributed by atoms with Gasteiger partial charge in [0.15, 0.2) is 5.78 Å². The van der Waals surface area contributed by atoms with Gasteiger partial charge in [0.1, 0.15) is 6.04 Å². The van der Waals surface area contributed by atoms with Crippen LogP contribution in [0.15, 0.2) is 120 Å². The van der Waals surface area contributed by atoms with Crippen LogP contribution in [0, 0.1) is 6.57 Å². The standard InChI is InChI=1S/C37H24N3O/c1-39-30(21-38)33-34(31-24-14-6-4-12-22(24)20-23-13-5-7-15-25(23)31)37(41)35(33)32-26-16-8-10-18-28(26)36(40(2)3)29-19-11-9-17-27(29)32/h4-20,36H,2-3H3/q-1/p+1. The van der Waals surface area contributed by atoms with Gasteiger partial charge in [0, 0.05) is 39.0 Å². The van der Waals surface area contributed by atoms with Crippen molar-refractivity contribution < 1.29 is 9.69 Å². The summed E-state index contributed by atoms with van der Waals surface area (Å²) in [5.74, 6) is 2.00. The van der Waals surface area contributed by atoms with Crippen molar-refractivity contribution in [1.82, 2.24) is 0 Å². The van der Waals surface area contributed by atoms with Crippen molar-refractivity contribution >= 4 is 44.3 Å². The second kappa shape index (κ2) is 9.40. The number of Topliss-reactive ketones (excluding diaryl/α,β-unsaturated/α-hetero) is 1. The van der Waals surface area contributed by atoms with Gasteiger partial charge in [0.2, 0.25) is 5.70 Å². The van der Waals surface area contributed by atoms with Crippen molar-refractivity contribution in [1.29, 1.82) is 0 Å². The molecular formula is C37H25N3O. The van der Waals surface area contributed by atoms with Gasteiger partial charge in [0.25, 0.3) is 0 Å². The molecule has 41 heavy (non-hydrogen) atoms. The molecule has 0 heterocycles. The minimum Gasteiger partial charge on any atom is -0.775 e. The maximum absolute atomic E-state index is 14.6. The van der Waals surface area contributed by atoms with Gasteiger partial charge in [-0.25, -0.2) is 4.85 Å². The Morgan fingerprint density at radius 3 is 1.78 bits per heavy atom. The van der Waals surface area contributed by atoms with E-state index in [-0.39, 0.29) is 17.5 Å². The lowest BCUT2D eigenvalue weighted by atomic mass is 9.67. The highest BCUT2D eigenvalue weighted by Crippen LogP contribution is 2.52. The maximum atomic E-state index is 14.6. The molecule has 0 aromatic heterocycles. The Kier molecular flexibility index (Phi) is 5.66. The van der Waals surface area contributed by atoms with E-state index in [1.165, 1.54) is 4.90 Å². The number of hydrogen-bond acceptors (Lipinski definition) is 1. The van der Waals surface area contributed by atoms with Crippen LogP contribution in [0.5, 0.6) is 0 Å². The molecule has 0 unspecified atom stereocenters. The van der Waals surface area contributed by atoms with Crippen molar-refractivity contribution in [2.75, 3.05) is 14.1 Å². The first-order valence-electron chi connectivity index (χ1n) is 13.6. The number of quaternary nitrogens is 1. The van der Waals surface area contributed by atoms with Gasteiger partial charge >= 0.3 is 0 Å². The summed E-state index contributed by atoms with van der Waals surface area (Å²) in [5.41, 5.74) is 7.09. The quantitative estimate of drug-likeness (QED) is 0.125. The second-order valence-electron chi connectivity index (χ2n) is 10.8. The molecule has 1 N–H and O–H groups in total. The van der Waals surface area contributed by atoms with E-state index in [0.29, 0.717) is 16.7 Å². The van der Waals surface area contributed by atoms with E-state index in [9.17, 15) is 10.2 Å². The summed E-state index contributed by atoms with van der Waals surface area (Å²) in [7, 11) is 4.28. The van der Waals surface area contributed by atoms with Gasteiger partial charge in [-0.1, -0.05) is 97.1 Å². The van der Waals surface area contributed by atoms with Crippen molar-refractivity contribution in [3.05, 3.63) is 165 Å². The first-order chi connectivity index (χ1) is 20.0. The average molecular weight is 528 g/mol. The van der Waals surface area contributed by atoms with Gasteiger partial charge < -0.3 is 10.3 Å². The fourth-order valence-corrected chi connectivity index (χ4v) is 6.71. The van der Waals surface area contributed by atoms with E-state index in [2.05, 4.69) is 55.1 Å². The number of allylic oxidation sites excluding steroid dienone is 2. The molecule has 0 saturated carbocycles. The third kappa shape index (κ3) is 3.51. The number of rotatable bonds is 3. The molecule has 0 fully saturated rings. The Bertz CT molecular complexity index is 2010. The highest BCUT2D eigenvalue weighted by Gasteiger charge is 2.43. The second-order valence-corrected chi connectivity index (χ2v) is 10.8. The SMILES string of the molecule is [C-]#[N+]C(=C=[N-])C1=C(c2c3ccccc3cc3ccccc23)C(=O)C1=C1c2ccccc2C([NH+](C)C)c2ccccc21. The van der Waals surface area contributed by atoms with Crippen LogP contribution in [-0.2, 0) is 4.79 Å². The summed E-state index contributed by atoms with van der Waals surface area (Å²) in [6.07, 6.45) is 0. The van der Waals surface area contributed by atoms with E-state index >= 15 is 0 Å². The largest absolute Gasteiger partial charge is 0.775 e. The normalized spacial score (nSPS) is 15.9. The Hall–Kier alpha value is -5.33. The van der Waals surface area contributed by atoms with Crippen molar-refractivity contribution in [3.8, 4) is 0 Å². The molecule has 2 aliphatic rings. The molecule has 0 saturated heterocycles. The lowest BCUT2D eigenvalue weighted by Gasteiger charge is -2.36. The zero-order valence-electron chi connectivity index (χ0n) is 22.7. The van der Waals surface area contributed by atoms with Gasteiger partial charge in [-0.2, -0.15) is 0 Å². The summed E-state index contributed by atoms with van der Waals surface area (Å²) in [6.45, 7) is 7.95. The minimum atomic E-state index is -0.131. The number of nitrogens with zero attached hydrogens (tertiary/aromatic N) is 2. The Labute approximate surface area is 238 Å². The molecule has 7 rings (SSSR count). The summed E-state index contributed by atoms with van der Waals surface area (Å²) in [5, 5.41) is 14.1. The van der Waals surface area contributed by atoms with Crippen LogP contribution in [0.4, 0.5) is 0 Å². The van der Waals surface area contributed by atoms with Crippen molar-refractivity contribution in [2.24, 2.45) is 0 Å². The molecule has 0 radical (unpaired) electrons. The first kappa shape index (κ1) is 24.7. The van der Waals surface area contributed by atoms with Gasteiger partial charge in [-0.05, 0) is 38.7 Å². The topological polar surface area (TPSA) is 48.2 Å². The summed E-state index contributed by atoms with van der Waals surface area (Å²) >= 11 is 0. The molecular weight excluding hydrogens is 502 g/mol. The van der Waals surface area contributed by atoms with Crippen LogP contribution >= 0.6 is 0 Å². The fourth-order valence-electron chi connectivity index (χ4n) is 6.71. The third-order valence-electron chi connectivity index (χ3n) is 8.34. The van der Waals surface area contributed by atoms with E-state index < -0.39 is 0 Å². The summed E-state index contributed by atoms with van der Waals surface area (Å²) in [4.78, 5) is 19.5. The number of fused-ring (bicyclic) bond motifs is 4. The smallest absolute Gasteiger partial charge is 0.214 e. The zero-order chi connectivity index (χ0) is 28.2. The van der Waals surface area contributed by atoms with Gasteiger partial charge in [0.05, 0.1) is 20.7 Å². The van der Waals surface area contributed by atoms with Crippen LogP contribution in [0.2, 0.25) is 0 Å². The number of benzene rings is 5. The first-order valence-corrected chi connectivity index (χ1v) is 13.6. The number of carbonyl (C=O) groups is 1. The van der Waals surface area contributed by atoms with E-state index in [1.807, 2.05) is 72.8 Å². The minimum absolute atomic E-state index is 0.0607. The molecule has 0 spiro atoms. The molecule has 0 amide bonds. The van der Waals surface area contributed by atoms with Gasteiger partial charge in [-0.3, -0.25) is 10.7 Å². The average Bonchev–Trinajstić information content (AvgIpc) is 3.00. The van der Waals surface area contributed by atoms with Crippen molar-refractivity contribution in [2.45, 2.75) is 6.04 Å². The van der Waals surface area contributed by atoms with Crippen LogP contribution < -0.4 is 4.90 Å². The summed E-state index contributed by atoms with van der Waals surface area (Å²) in [6, 6.07) is 34.6. The molecule has 2 aliphatic carbocycles. The molecule has 0 bridgehead atoms. The Morgan fingerprint density at radius 1 is 0.756 bits per heavy atom. The molecule has 5 aromatic carbocycles. The number of carbonyl (C=O) groups excluding carboxylic acids is 1. The molecule has 0 atom stereocenters. The lowest BCUT2D eigenvalue weighted by Crippen LogP contribution is -3.06. The van der Waals surface area contributed by atoms with Crippen molar-refractivity contribution in [3.63, 3.8) is 0 Å². The molecule has 194 valence electrons.